The van der Waals surface area contributed by atoms with Gasteiger partial charge in [-0.2, -0.15) is 13.2 Å². The van der Waals surface area contributed by atoms with Crippen molar-refractivity contribution in [3.8, 4) is 0 Å². The first-order valence-electron chi connectivity index (χ1n) is 9.42. The van der Waals surface area contributed by atoms with E-state index in [-0.39, 0.29) is 10.9 Å². The van der Waals surface area contributed by atoms with Crippen LogP contribution < -0.4 is 4.90 Å². The van der Waals surface area contributed by atoms with E-state index < -0.39 is 17.8 Å². The highest BCUT2D eigenvalue weighted by atomic mass is 35.5. The minimum absolute atomic E-state index is 0.0662. The predicted molar refractivity (Wildman–Crippen MR) is 112 cm³/mol. The molecule has 2 atom stereocenters. The van der Waals surface area contributed by atoms with Crippen LogP contribution in [0.15, 0.2) is 65.6 Å². The summed E-state index contributed by atoms with van der Waals surface area (Å²) in [5.41, 5.74) is 0.899. The van der Waals surface area contributed by atoms with Gasteiger partial charge in [-0.25, -0.2) is 0 Å². The second kappa shape index (κ2) is 8.57. The maximum atomic E-state index is 12.9. The first-order valence-corrected chi connectivity index (χ1v) is 10.2. The summed E-state index contributed by atoms with van der Waals surface area (Å²) in [7, 11) is 0. The fraction of sp³-hybridized carbons (Fsp3) is 0.227. The molecule has 9 heteroatoms. The first-order chi connectivity index (χ1) is 14.7. The van der Waals surface area contributed by atoms with E-state index in [9.17, 15) is 18.3 Å². The summed E-state index contributed by atoms with van der Waals surface area (Å²) in [5.74, 6) is 0.331. The molecule has 1 aromatic carbocycles. The molecular formula is C22H17Cl2F3N2O2. The Morgan fingerprint density at radius 2 is 1.97 bits per heavy atom. The average molecular weight is 469 g/mol. The lowest BCUT2D eigenvalue weighted by molar-refractivity contribution is -0.137. The fourth-order valence-corrected chi connectivity index (χ4v) is 4.11. The van der Waals surface area contributed by atoms with Crippen molar-refractivity contribution in [1.82, 2.24) is 4.98 Å². The normalized spacial score (nSPS) is 17.7. The molecule has 4 nitrogen and oxygen atoms in total. The Morgan fingerprint density at radius 1 is 1.16 bits per heavy atom. The van der Waals surface area contributed by atoms with Crippen molar-refractivity contribution in [3.05, 3.63) is 93.8 Å². The van der Waals surface area contributed by atoms with E-state index in [4.69, 9.17) is 27.6 Å². The number of aliphatic hydroxyl groups is 1. The summed E-state index contributed by atoms with van der Waals surface area (Å²) in [6.07, 6.45) is 1.92. The largest absolute Gasteiger partial charge is 0.466 e. The van der Waals surface area contributed by atoms with Gasteiger partial charge in [-0.3, -0.25) is 4.98 Å². The van der Waals surface area contributed by atoms with Crippen molar-refractivity contribution >= 4 is 28.9 Å². The van der Waals surface area contributed by atoms with Crippen molar-refractivity contribution in [2.75, 3.05) is 11.4 Å². The lowest BCUT2D eigenvalue weighted by atomic mass is 9.96. The molecule has 0 aliphatic carbocycles. The van der Waals surface area contributed by atoms with Gasteiger partial charge in [-0.1, -0.05) is 29.3 Å². The number of furan rings is 1. The van der Waals surface area contributed by atoms with Gasteiger partial charge in [0.25, 0.3) is 0 Å². The zero-order valence-corrected chi connectivity index (χ0v) is 17.5. The molecule has 0 bridgehead atoms. The molecule has 2 unspecified atom stereocenters. The van der Waals surface area contributed by atoms with Crippen molar-refractivity contribution in [2.45, 2.75) is 24.6 Å². The first kappa shape index (κ1) is 21.7. The quantitative estimate of drug-likeness (QED) is 0.469. The van der Waals surface area contributed by atoms with Crippen LogP contribution in [0.25, 0.3) is 0 Å². The van der Waals surface area contributed by atoms with Crippen molar-refractivity contribution in [1.29, 1.82) is 0 Å². The molecule has 0 saturated heterocycles. The lowest BCUT2D eigenvalue weighted by Gasteiger charge is -2.28. The van der Waals surface area contributed by atoms with Crippen LogP contribution in [-0.2, 0) is 6.18 Å². The highest BCUT2D eigenvalue weighted by molar-refractivity contribution is 6.32. The zero-order valence-electron chi connectivity index (χ0n) is 16.0. The van der Waals surface area contributed by atoms with E-state index in [2.05, 4.69) is 4.98 Å². The maximum Gasteiger partial charge on any atom is 0.417 e. The second-order valence-electron chi connectivity index (χ2n) is 7.15. The van der Waals surface area contributed by atoms with Crippen LogP contribution in [0.4, 0.5) is 18.9 Å². The number of aliphatic hydroxyl groups excluding tert-OH is 1. The molecule has 1 aliphatic heterocycles. The Bertz CT molecular complexity index is 1100. The predicted octanol–water partition coefficient (Wildman–Crippen LogP) is 6.59. The highest BCUT2D eigenvalue weighted by Gasteiger charge is 2.33. The van der Waals surface area contributed by atoms with Gasteiger partial charge in [0.1, 0.15) is 11.9 Å². The van der Waals surface area contributed by atoms with Gasteiger partial charge in [0.15, 0.2) is 0 Å². The summed E-state index contributed by atoms with van der Waals surface area (Å²) in [4.78, 5) is 6.26. The summed E-state index contributed by atoms with van der Waals surface area (Å²) >= 11 is 12.3. The summed E-state index contributed by atoms with van der Waals surface area (Å²) in [5, 5.41) is 10.4. The van der Waals surface area contributed by atoms with Crippen LogP contribution in [0.5, 0.6) is 0 Å². The molecular weight excluding hydrogens is 452 g/mol. The Balaban J connectivity index is 1.50. The van der Waals surface area contributed by atoms with Gasteiger partial charge in [0, 0.05) is 36.1 Å². The topological polar surface area (TPSA) is 49.5 Å². The zero-order chi connectivity index (χ0) is 22.2. The maximum absolute atomic E-state index is 12.9. The molecule has 0 fully saturated rings. The van der Waals surface area contributed by atoms with E-state index in [1.165, 1.54) is 18.4 Å². The van der Waals surface area contributed by atoms with Crippen LogP contribution in [0.1, 0.15) is 41.0 Å². The molecule has 3 heterocycles. The number of benzene rings is 1. The molecule has 2 aromatic heterocycles. The fourth-order valence-electron chi connectivity index (χ4n) is 3.51. The molecule has 4 rings (SSSR count). The van der Waals surface area contributed by atoms with Crippen LogP contribution in [0.2, 0.25) is 10.0 Å². The van der Waals surface area contributed by atoms with Gasteiger partial charge in [-0.05, 0) is 42.8 Å². The van der Waals surface area contributed by atoms with Crippen LogP contribution in [-0.4, -0.2) is 16.6 Å². The molecule has 31 heavy (non-hydrogen) atoms. The third-order valence-corrected chi connectivity index (χ3v) is 5.75. The summed E-state index contributed by atoms with van der Waals surface area (Å²) in [6.45, 7) is 0.553. The molecule has 0 spiro atoms. The number of allylic oxidation sites excluding steroid dienone is 1. The number of hydrogen-bond acceptors (Lipinski definition) is 4. The van der Waals surface area contributed by atoms with Gasteiger partial charge < -0.3 is 14.4 Å². The van der Waals surface area contributed by atoms with Gasteiger partial charge in [0.05, 0.1) is 27.6 Å². The van der Waals surface area contributed by atoms with Crippen molar-refractivity contribution in [2.24, 2.45) is 0 Å². The third kappa shape index (κ3) is 4.59. The monoisotopic (exact) mass is 468 g/mol. The molecule has 3 aromatic rings. The minimum Gasteiger partial charge on any atom is -0.466 e. The van der Waals surface area contributed by atoms with Gasteiger partial charge >= 0.3 is 6.18 Å². The molecule has 0 saturated carbocycles. The van der Waals surface area contributed by atoms with Gasteiger partial charge in [-0.15, -0.1) is 0 Å². The van der Waals surface area contributed by atoms with Crippen LogP contribution >= 0.6 is 23.2 Å². The molecule has 0 amide bonds. The third-order valence-electron chi connectivity index (χ3n) is 5.14. The Kier molecular flexibility index (Phi) is 6.01. The number of rotatable bonds is 4. The number of aromatic nitrogens is 1. The van der Waals surface area contributed by atoms with E-state index in [0.717, 1.165) is 6.07 Å². The number of nitrogens with zero attached hydrogens (tertiary/aromatic N) is 2. The molecule has 1 aliphatic rings. The Hall–Kier alpha value is -2.48. The molecule has 0 radical (unpaired) electrons. The standard InChI is InChI=1S/C22H17Cl2F3N2O2/c23-17-11-15(3-4-16(17)22(25,26)27)29-7-5-13(6-8-29)20-18(24)10-14(12-28-20)21(30)19-2-1-9-31-19/h1-5,7,9-13,21,30H,6,8H2. The second-order valence-corrected chi connectivity index (χ2v) is 7.96. The number of hydrogen-bond donors (Lipinski definition) is 1. The lowest BCUT2D eigenvalue weighted by Crippen LogP contribution is -2.24. The van der Waals surface area contributed by atoms with E-state index in [1.807, 2.05) is 11.0 Å². The minimum atomic E-state index is -4.49. The van der Waals surface area contributed by atoms with Crippen molar-refractivity contribution in [3.63, 3.8) is 0 Å². The van der Waals surface area contributed by atoms with E-state index >= 15 is 0 Å². The molecule has 1 N–H and O–H groups in total. The molecule has 162 valence electrons. The summed E-state index contributed by atoms with van der Waals surface area (Å²) < 4.78 is 43.9. The smallest absolute Gasteiger partial charge is 0.417 e. The number of alkyl halides is 3. The Labute approximate surface area is 186 Å². The van der Waals surface area contributed by atoms with E-state index in [1.54, 1.807) is 30.6 Å². The number of halogens is 5. The van der Waals surface area contributed by atoms with Gasteiger partial charge in [0.2, 0.25) is 0 Å². The highest BCUT2D eigenvalue weighted by Crippen LogP contribution is 2.38. The Morgan fingerprint density at radius 3 is 2.55 bits per heavy atom. The number of anilines is 1. The van der Waals surface area contributed by atoms with E-state index in [0.29, 0.717) is 40.7 Å². The van der Waals surface area contributed by atoms with Crippen molar-refractivity contribution < 1.29 is 22.7 Å². The van der Waals surface area contributed by atoms with Crippen LogP contribution in [0.3, 0.4) is 0 Å². The van der Waals surface area contributed by atoms with Crippen LogP contribution in [0, 0.1) is 0 Å². The average Bonchev–Trinajstić information content (AvgIpc) is 3.27. The summed E-state index contributed by atoms with van der Waals surface area (Å²) in [6, 6.07) is 8.70. The SMILES string of the molecule is OC(c1cnc(C2C=CN(c3ccc(C(F)(F)F)c(Cl)c3)CC2)c(Cl)c1)c1ccco1. The number of pyridine rings is 1.